The van der Waals surface area contributed by atoms with E-state index < -0.39 is 17.8 Å². The molecule has 0 saturated carbocycles. The van der Waals surface area contributed by atoms with Crippen molar-refractivity contribution in [3.05, 3.63) is 35.6 Å². The van der Waals surface area contributed by atoms with Gasteiger partial charge in [0.2, 0.25) is 0 Å². The van der Waals surface area contributed by atoms with Gasteiger partial charge in [0.15, 0.2) is 5.78 Å². The number of rotatable bonds is 5. The van der Waals surface area contributed by atoms with E-state index in [2.05, 4.69) is 0 Å². The summed E-state index contributed by atoms with van der Waals surface area (Å²) in [7, 11) is 0. The van der Waals surface area contributed by atoms with E-state index in [9.17, 15) is 14.0 Å². The van der Waals surface area contributed by atoms with Crippen LogP contribution in [-0.4, -0.2) is 22.9 Å². The predicted octanol–water partition coefficient (Wildman–Crippen LogP) is 1.20. The molecule has 0 aliphatic carbocycles. The van der Waals surface area contributed by atoms with E-state index in [4.69, 9.17) is 10.8 Å². The van der Waals surface area contributed by atoms with Gasteiger partial charge < -0.3 is 10.8 Å². The molecule has 4 nitrogen and oxygen atoms in total. The van der Waals surface area contributed by atoms with Gasteiger partial charge in [0.1, 0.15) is 11.9 Å². The van der Waals surface area contributed by atoms with Gasteiger partial charge in [0, 0.05) is 12.0 Å². The number of aliphatic carboxylic acids is 1. The summed E-state index contributed by atoms with van der Waals surface area (Å²) in [4.78, 5) is 21.9. The maximum Gasteiger partial charge on any atom is 0.320 e. The number of carbonyl (C=O) groups excluding carboxylic acids is 1. The number of nitrogens with two attached hydrogens (primary N) is 1. The first-order chi connectivity index (χ1) is 7.50. The zero-order valence-corrected chi connectivity index (χ0v) is 8.52. The maximum atomic E-state index is 12.6. The third-order valence-electron chi connectivity index (χ3n) is 2.17. The van der Waals surface area contributed by atoms with Gasteiger partial charge in [0.05, 0.1) is 0 Å². The van der Waals surface area contributed by atoms with Gasteiger partial charge in [-0.15, -0.1) is 0 Å². The topological polar surface area (TPSA) is 80.4 Å². The largest absolute Gasteiger partial charge is 0.480 e. The summed E-state index contributed by atoms with van der Waals surface area (Å²) in [6.45, 7) is 0. The van der Waals surface area contributed by atoms with Gasteiger partial charge >= 0.3 is 5.97 Å². The Bertz CT molecular complexity index is 389. The van der Waals surface area contributed by atoms with Gasteiger partial charge in [-0.3, -0.25) is 9.59 Å². The van der Waals surface area contributed by atoms with Gasteiger partial charge in [0.25, 0.3) is 0 Å². The van der Waals surface area contributed by atoms with Crippen molar-refractivity contribution in [2.24, 2.45) is 5.73 Å². The Morgan fingerprint density at radius 1 is 1.31 bits per heavy atom. The van der Waals surface area contributed by atoms with Crippen LogP contribution in [-0.2, 0) is 4.79 Å². The molecule has 5 heteroatoms. The fraction of sp³-hybridized carbons (Fsp3) is 0.273. The van der Waals surface area contributed by atoms with Crippen molar-refractivity contribution >= 4 is 11.8 Å². The van der Waals surface area contributed by atoms with Crippen LogP contribution >= 0.6 is 0 Å². The molecule has 1 atom stereocenters. The molecule has 1 aromatic carbocycles. The molecule has 0 saturated heterocycles. The van der Waals surface area contributed by atoms with Gasteiger partial charge in [-0.2, -0.15) is 0 Å². The Morgan fingerprint density at radius 3 is 2.38 bits per heavy atom. The zero-order chi connectivity index (χ0) is 12.1. The number of hydrogen-bond donors (Lipinski definition) is 2. The highest BCUT2D eigenvalue weighted by Gasteiger charge is 2.14. The summed E-state index contributed by atoms with van der Waals surface area (Å²) in [6.07, 6.45) is 0.116. The fourth-order valence-corrected chi connectivity index (χ4v) is 1.19. The molecule has 0 spiro atoms. The normalized spacial score (nSPS) is 12.1. The molecule has 0 heterocycles. The first-order valence-electron chi connectivity index (χ1n) is 4.78. The van der Waals surface area contributed by atoms with Crippen LogP contribution in [0.5, 0.6) is 0 Å². The molecule has 1 aromatic rings. The minimum atomic E-state index is -1.13. The summed E-state index contributed by atoms with van der Waals surface area (Å²) < 4.78 is 12.6. The highest BCUT2D eigenvalue weighted by molar-refractivity contribution is 5.96. The number of Topliss-reactive ketones (excluding diaryl/α,β-unsaturated/α-hetero) is 1. The highest BCUT2D eigenvalue weighted by atomic mass is 19.1. The Morgan fingerprint density at radius 2 is 1.88 bits per heavy atom. The second-order valence-corrected chi connectivity index (χ2v) is 3.41. The van der Waals surface area contributed by atoms with Crippen LogP contribution in [0.4, 0.5) is 4.39 Å². The van der Waals surface area contributed by atoms with Crippen molar-refractivity contribution in [3.8, 4) is 0 Å². The smallest absolute Gasteiger partial charge is 0.320 e. The third kappa shape index (κ3) is 3.43. The molecule has 0 bridgehead atoms. The standard InChI is InChI=1S/C11H12FNO3/c12-8-3-1-7(2-4-8)10(14)6-5-9(13)11(15)16/h1-4,9H,5-6,13H2,(H,15,16). The molecule has 0 amide bonds. The molecule has 3 N–H and O–H groups in total. The quantitative estimate of drug-likeness (QED) is 0.738. The van der Waals surface area contributed by atoms with Crippen molar-refractivity contribution in [2.75, 3.05) is 0 Å². The molecule has 1 unspecified atom stereocenters. The number of benzene rings is 1. The average Bonchev–Trinajstić information content (AvgIpc) is 2.26. The van der Waals surface area contributed by atoms with Crippen LogP contribution in [0.15, 0.2) is 24.3 Å². The molecule has 0 fully saturated rings. The van der Waals surface area contributed by atoms with E-state index in [0.29, 0.717) is 5.56 Å². The third-order valence-corrected chi connectivity index (χ3v) is 2.17. The summed E-state index contributed by atoms with van der Waals surface area (Å²) in [6, 6.07) is 4.06. The first kappa shape index (κ1) is 12.3. The number of hydrogen-bond acceptors (Lipinski definition) is 3. The van der Waals surface area contributed by atoms with Crippen molar-refractivity contribution < 1.29 is 19.1 Å². The van der Waals surface area contributed by atoms with E-state index in [1.807, 2.05) is 0 Å². The number of carboxylic acid groups (broad SMARTS) is 1. The number of ketones is 1. The molecular formula is C11H12FNO3. The summed E-state index contributed by atoms with van der Waals surface area (Å²) in [5.41, 5.74) is 5.62. The maximum absolute atomic E-state index is 12.6. The van der Waals surface area contributed by atoms with Crippen molar-refractivity contribution in [1.29, 1.82) is 0 Å². The minimum absolute atomic E-state index is 0.0408. The van der Waals surface area contributed by atoms with Gasteiger partial charge in [-0.1, -0.05) is 0 Å². The van der Waals surface area contributed by atoms with E-state index in [1.54, 1.807) is 0 Å². The summed E-state index contributed by atoms with van der Waals surface area (Å²) in [5.74, 6) is -1.79. The molecule has 0 aliphatic heterocycles. The Labute approximate surface area is 91.9 Å². The lowest BCUT2D eigenvalue weighted by Crippen LogP contribution is -2.30. The molecule has 0 aliphatic rings. The van der Waals surface area contributed by atoms with Crippen LogP contribution in [0.25, 0.3) is 0 Å². The molecule has 0 radical (unpaired) electrons. The first-order valence-corrected chi connectivity index (χ1v) is 4.78. The Balaban J connectivity index is 2.53. The predicted molar refractivity (Wildman–Crippen MR) is 55.6 cm³/mol. The Hall–Kier alpha value is -1.75. The van der Waals surface area contributed by atoms with Gasteiger partial charge in [-0.05, 0) is 30.7 Å². The minimum Gasteiger partial charge on any atom is -0.480 e. The highest BCUT2D eigenvalue weighted by Crippen LogP contribution is 2.08. The van der Waals surface area contributed by atoms with Crippen LogP contribution in [0.1, 0.15) is 23.2 Å². The van der Waals surface area contributed by atoms with Crippen LogP contribution < -0.4 is 5.73 Å². The van der Waals surface area contributed by atoms with Gasteiger partial charge in [-0.25, -0.2) is 4.39 Å². The SMILES string of the molecule is NC(CCC(=O)c1ccc(F)cc1)C(=O)O. The Kier molecular flexibility index (Phi) is 4.13. The number of halogens is 1. The summed E-state index contributed by atoms with van der Waals surface area (Å²) >= 11 is 0. The van der Waals surface area contributed by atoms with E-state index in [0.717, 1.165) is 0 Å². The van der Waals surface area contributed by atoms with Crippen molar-refractivity contribution in [2.45, 2.75) is 18.9 Å². The van der Waals surface area contributed by atoms with Crippen LogP contribution in [0.2, 0.25) is 0 Å². The van der Waals surface area contributed by atoms with Crippen LogP contribution in [0.3, 0.4) is 0 Å². The lowest BCUT2D eigenvalue weighted by molar-refractivity contribution is -0.138. The molecule has 86 valence electrons. The fourth-order valence-electron chi connectivity index (χ4n) is 1.19. The number of carbonyl (C=O) groups is 2. The average molecular weight is 225 g/mol. The van der Waals surface area contributed by atoms with E-state index >= 15 is 0 Å². The van der Waals surface area contributed by atoms with Crippen LogP contribution in [0, 0.1) is 5.82 Å². The zero-order valence-electron chi connectivity index (χ0n) is 8.52. The summed E-state index contributed by atoms with van der Waals surface area (Å²) in [5, 5.41) is 8.52. The second kappa shape index (κ2) is 5.37. The second-order valence-electron chi connectivity index (χ2n) is 3.41. The lowest BCUT2D eigenvalue weighted by Gasteiger charge is -2.05. The molecular weight excluding hydrogens is 213 g/mol. The van der Waals surface area contributed by atoms with Crippen molar-refractivity contribution in [1.82, 2.24) is 0 Å². The lowest BCUT2D eigenvalue weighted by atomic mass is 10.0. The number of carboxylic acids is 1. The van der Waals surface area contributed by atoms with E-state index in [-0.39, 0.29) is 18.6 Å². The molecule has 1 rings (SSSR count). The van der Waals surface area contributed by atoms with E-state index in [1.165, 1.54) is 24.3 Å². The monoisotopic (exact) mass is 225 g/mol. The molecule has 0 aromatic heterocycles. The van der Waals surface area contributed by atoms with Crippen molar-refractivity contribution in [3.63, 3.8) is 0 Å². The molecule has 16 heavy (non-hydrogen) atoms.